The van der Waals surface area contributed by atoms with Crippen molar-refractivity contribution >= 4 is 238 Å². The molecule has 0 unspecified atom stereocenters. The summed E-state index contributed by atoms with van der Waals surface area (Å²) in [5.41, 5.74) is 9.22. The Bertz CT molecular complexity index is 5570. The summed E-state index contributed by atoms with van der Waals surface area (Å²) in [6.07, 6.45) is 0. The summed E-state index contributed by atoms with van der Waals surface area (Å²) in [4.78, 5) is 43.4. The molecule has 0 aliphatic heterocycles. The van der Waals surface area contributed by atoms with E-state index in [-0.39, 0.29) is 0 Å². The van der Waals surface area contributed by atoms with Crippen LogP contribution < -0.4 is 0 Å². The van der Waals surface area contributed by atoms with Crippen LogP contribution in [-0.4, -0.2) is 0 Å². The lowest BCUT2D eigenvalue weighted by Crippen LogP contribution is -1.70. The Kier molecular flexibility index (Phi) is 18.2. The summed E-state index contributed by atoms with van der Waals surface area (Å²) in [5.74, 6) is 0. The lowest BCUT2D eigenvalue weighted by atomic mass is 10.1. The highest BCUT2D eigenvalue weighted by Crippen LogP contribution is 2.59. The third-order valence-corrected chi connectivity index (χ3v) is 41.6. The first-order chi connectivity index (χ1) is 51.9. The summed E-state index contributed by atoms with van der Waals surface area (Å²) in [5, 5.41) is 19.9. The molecule has 0 radical (unpaired) electrons. The third kappa shape index (κ3) is 12.7. The fourth-order valence-electron chi connectivity index (χ4n) is 12.9. The second kappa shape index (κ2) is 28.6. The van der Waals surface area contributed by atoms with Gasteiger partial charge in [0, 0.05) is 166 Å². The highest BCUT2D eigenvalue weighted by Gasteiger charge is 2.27. The zero-order valence-electron chi connectivity index (χ0n) is 54.0. The standard InChI is InChI=1S/C84H44S21/c1-9-52(85-30-1)46-39-72(100-79(46)65-13-5-34-89-65)60-21-18-57(95-60)50-43-76(104-83(50)70-27-24-63(98-70)74-41-48(54-11-3-32-87-54)81(102-74)67-15-7-36-91-67)59-20-17-56(94-59)45-29-38-93-78(45)69-26-23-62(97-69)77-44-51(58-19-22-61(96-58)73-40-47(53-10-2-31-86-53)80(101-73)66-14-6-35-90-66)84(105-77)71-28-25-64(99-71)75-42-49(55-12-4-33-88-55)82(103-75)68-16-8-37-92-68/h1-44H. The van der Waals surface area contributed by atoms with Gasteiger partial charge in [-0.3, -0.25) is 0 Å². The molecule has 0 bridgehead atoms. The Morgan fingerprint density at radius 1 is 0.114 bits per heavy atom. The minimum atomic E-state index is 1.29. The number of rotatable bonds is 20. The molecule has 0 aliphatic carbocycles. The maximum absolute atomic E-state index is 2.50. The maximum Gasteiger partial charge on any atom is 0.0536 e. The molecule has 21 rings (SSSR count). The van der Waals surface area contributed by atoms with Crippen molar-refractivity contribution in [2.45, 2.75) is 0 Å². The summed E-state index contributed by atoms with van der Waals surface area (Å²) >= 11 is 39.6. The number of hydrogen-bond donors (Lipinski definition) is 0. The predicted octanol–water partition coefficient (Wildman–Crippen LogP) is 36.3. The van der Waals surface area contributed by atoms with Gasteiger partial charge in [0.15, 0.2) is 0 Å². The van der Waals surface area contributed by atoms with Crippen LogP contribution in [0.2, 0.25) is 0 Å². The van der Waals surface area contributed by atoms with E-state index in [1.54, 1.807) is 0 Å². The zero-order valence-corrected chi connectivity index (χ0v) is 71.1. The van der Waals surface area contributed by atoms with E-state index in [0.29, 0.717) is 0 Å². The van der Waals surface area contributed by atoms with Crippen molar-refractivity contribution in [1.29, 1.82) is 0 Å². The molecule has 506 valence electrons. The molecule has 0 saturated heterocycles. The van der Waals surface area contributed by atoms with Gasteiger partial charge in [-0.1, -0.05) is 48.5 Å². The Balaban J connectivity index is 0.625. The van der Waals surface area contributed by atoms with E-state index in [0.717, 1.165) is 0 Å². The minimum Gasteiger partial charge on any atom is -0.144 e. The fourth-order valence-corrected chi connectivity index (χ4v) is 34.8. The van der Waals surface area contributed by atoms with Gasteiger partial charge in [0.2, 0.25) is 0 Å². The van der Waals surface area contributed by atoms with E-state index in [4.69, 9.17) is 0 Å². The SMILES string of the molecule is c1csc(-c2cc(-c3ccc(-c4cc(-c5ccc(-c6ccsc6-c6ccc(-c7cc(-c8ccc(-c9cc(-c%10cccs%10)c(-c%10cccs%10)s9)s8)c(-c8ccc(-c9cc(-c%10cccs%10)c(-c%10cccs%10)s9)s8)s7)s6)s5)sc4-c4ccc(-c5cc(-c6cccs6)c(-c6cccs6)s5)s4)s3)sc2-c2cccs2)c1. The van der Waals surface area contributed by atoms with Crippen molar-refractivity contribution in [3.05, 3.63) is 261 Å². The first kappa shape index (κ1) is 66.9. The largest absolute Gasteiger partial charge is 0.144 e. The molecule has 0 spiro atoms. The van der Waals surface area contributed by atoms with Crippen LogP contribution in [-0.2, 0) is 0 Å². The van der Waals surface area contributed by atoms with Gasteiger partial charge in [0.25, 0.3) is 0 Å². The smallest absolute Gasteiger partial charge is 0.0536 e. The van der Waals surface area contributed by atoms with Gasteiger partial charge in [-0.2, -0.15) is 0 Å². The Morgan fingerprint density at radius 3 is 0.571 bits per heavy atom. The molecule has 0 aliphatic rings. The average Bonchev–Trinajstić information content (AvgIpc) is 1.62. The molecule has 0 N–H and O–H groups in total. The lowest BCUT2D eigenvalue weighted by Gasteiger charge is -1.99. The maximum atomic E-state index is 2.50. The molecule has 0 amide bonds. The molecule has 0 atom stereocenters. The van der Waals surface area contributed by atoms with Gasteiger partial charge in [-0.15, -0.1) is 238 Å². The molecule has 105 heavy (non-hydrogen) atoms. The van der Waals surface area contributed by atoms with Crippen LogP contribution in [0.25, 0.3) is 200 Å². The summed E-state index contributed by atoms with van der Waals surface area (Å²) in [7, 11) is 0. The van der Waals surface area contributed by atoms with Crippen molar-refractivity contribution in [2.75, 3.05) is 0 Å². The van der Waals surface area contributed by atoms with Crippen LogP contribution in [0.1, 0.15) is 0 Å². The Labute approximate surface area is 689 Å². The summed E-state index contributed by atoms with van der Waals surface area (Å²) in [6.45, 7) is 0. The van der Waals surface area contributed by atoms with E-state index in [2.05, 4.69) is 261 Å². The molecule has 0 fully saturated rings. The second-order valence-electron chi connectivity index (χ2n) is 24.1. The molecule has 21 heterocycles. The van der Waals surface area contributed by atoms with Crippen LogP contribution in [0.5, 0.6) is 0 Å². The fraction of sp³-hybridized carbons (Fsp3) is 0. The second-order valence-corrected chi connectivity index (χ2v) is 45.4. The molecule has 0 nitrogen and oxygen atoms in total. The van der Waals surface area contributed by atoms with E-state index < -0.39 is 0 Å². The summed E-state index contributed by atoms with van der Waals surface area (Å²) < 4.78 is 0. The lowest BCUT2D eigenvalue weighted by molar-refractivity contribution is 1.83. The Morgan fingerprint density at radius 2 is 0.314 bits per heavy atom. The zero-order chi connectivity index (χ0) is 69.1. The van der Waals surface area contributed by atoms with Crippen LogP contribution in [0.15, 0.2) is 261 Å². The van der Waals surface area contributed by atoms with Crippen molar-refractivity contribution in [3.63, 3.8) is 0 Å². The van der Waals surface area contributed by atoms with Gasteiger partial charge >= 0.3 is 0 Å². The van der Waals surface area contributed by atoms with Gasteiger partial charge in [-0.25, -0.2) is 0 Å². The number of hydrogen-bond acceptors (Lipinski definition) is 21. The number of thiophene rings is 21. The molecule has 0 saturated carbocycles. The molecule has 21 aromatic rings. The molecular formula is C84H44S21. The van der Waals surface area contributed by atoms with Crippen molar-refractivity contribution in [2.24, 2.45) is 0 Å². The van der Waals surface area contributed by atoms with Crippen molar-refractivity contribution in [3.8, 4) is 200 Å². The first-order valence-electron chi connectivity index (χ1n) is 32.8. The first-order valence-corrected chi connectivity index (χ1v) is 50.5. The quantitative estimate of drug-likeness (QED) is 0.0713. The van der Waals surface area contributed by atoms with Crippen molar-refractivity contribution < 1.29 is 0 Å². The average molecular weight is 1730 g/mol. The van der Waals surface area contributed by atoms with Crippen LogP contribution in [0.4, 0.5) is 0 Å². The van der Waals surface area contributed by atoms with Gasteiger partial charge in [0.1, 0.15) is 0 Å². The Hall–Kier alpha value is -6.30. The highest BCUT2D eigenvalue weighted by molar-refractivity contribution is 7.34. The normalized spacial score (nSPS) is 11.8. The van der Waals surface area contributed by atoms with Crippen LogP contribution >= 0.6 is 238 Å². The summed E-state index contributed by atoms with van der Waals surface area (Å²) in [6, 6.07) is 81.1. The monoisotopic (exact) mass is 1720 g/mol. The van der Waals surface area contributed by atoms with E-state index in [1.807, 2.05) is 238 Å². The van der Waals surface area contributed by atoms with E-state index in [1.165, 1.54) is 200 Å². The minimum absolute atomic E-state index is 1.29. The van der Waals surface area contributed by atoms with Crippen LogP contribution in [0, 0.1) is 0 Å². The highest BCUT2D eigenvalue weighted by atomic mass is 32.2. The van der Waals surface area contributed by atoms with Gasteiger partial charge in [0.05, 0.1) is 34.1 Å². The van der Waals surface area contributed by atoms with Crippen molar-refractivity contribution in [1.82, 2.24) is 0 Å². The molecule has 0 aromatic carbocycles. The molecule has 21 aromatic heterocycles. The van der Waals surface area contributed by atoms with Gasteiger partial charge in [-0.05, 0) is 212 Å². The van der Waals surface area contributed by atoms with Crippen LogP contribution in [0.3, 0.4) is 0 Å². The molecular weight excluding hydrogens is 1680 g/mol. The van der Waals surface area contributed by atoms with Gasteiger partial charge < -0.3 is 0 Å². The molecule has 21 heteroatoms. The van der Waals surface area contributed by atoms with E-state index in [9.17, 15) is 0 Å². The topological polar surface area (TPSA) is 0 Å². The predicted molar refractivity (Wildman–Crippen MR) is 491 cm³/mol. The third-order valence-electron chi connectivity index (χ3n) is 17.7. The van der Waals surface area contributed by atoms with E-state index >= 15 is 0 Å².